The Morgan fingerprint density at radius 1 is 1.35 bits per heavy atom. The third kappa shape index (κ3) is 3.98. The van der Waals surface area contributed by atoms with Crippen LogP contribution in [0.4, 0.5) is 5.95 Å². The first kappa shape index (κ1) is 17.2. The number of nitrogens with zero attached hydrogens (tertiary/aromatic N) is 3. The zero-order valence-corrected chi connectivity index (χ0v) is 13.1. The van der Waals surface area contributed by atoms with Gasteiger partial charge in [0.15, 0.2) is 0 Å². The van der Waals surface area contributed by atoms with E-state index in [1.807, 2.05) is 0 Å². The number of nitrogens with two attached hydrogens (primary N) is 1. The van der Waals surface area contributed by atoms with Crippen LogP contribution < -0.4 is 11.1 Å². The summed E-state index contributed by atoms with van der Waals surface area (Å²) in [7, 11) is 0. The lowest BCUT2D eigenvalue weighted by molar-refractivity contribution is -0.133. The average Bonchev–Trinajstić information content (AvgIpc) is 3.27. The standard InChI is InChI=1S/C13H22N6O.CH2O2/c14-12-16-10(17-18-12)9-15-11(20)13(5-1-2-6-13)19-7-3-4-8-19;2-1-3/h1-9H2,(H,15,20)(H3,14,16,17,18);1H,(H,2,3). The Labute approximate surface area is 134 Å². The molecule has 128 valence electrons. The molecule has 1 aliphatic heterocycles. The van der Waals surface area contributed by atoms with E-state index in [-0.39, 0.29) is 23.9 Å². The first-order valence-corrected chi connectivity index (χ1v) is 7.90. The fourth-order valence-corrected chi connectivity index (χ4v) is 3.51. The molecule has 9 nitrogen and oxygen atoms in total. The molecule has 2 heterocycles. The predicted molar refractivity (Wildman–Crippen MR) is 83.3 cm³/mol. The molecule has 1 saturated carbocycles. The molecule has 3 rings (SSSR count). The molecule has 1 aliphatic carbocycles. The number of aromatic nitrogens is 3. The summed E-state index contributed by atoms with van der Waals surface area (Å²) in [6.45, 7) is 2.20. The lowest BCUT2D eigenvalue weighted by Crippen LogP contribution is -2.56. The SMILES string of the molecule is Nc1n[nH]c(CNC(=O)C2(N3CCCC3)CCCC2)n1.O=CO. The summed E-state index contributed by atoms with van der Waals surface area (Å²) in [6, 6.07) is 0. The van der Waals surface area contributed by atoms with Gasteiger partial charge in [-0.2, -0.15) is 4.98 Å². The van der Waals surface area contributed by atoms with Crippen LogP contribution in [0, 0.1) is 0 Å². The van der Waals surface area contributed by atoms with Gasteiger partial charge in [0, 0.05) is 0 Å². The smallest absolute Gasteiger partial charge is 0.290 e. The van der Waals surface area contributed by atoms with Gasteiger partial charge in [0.05, 0.1) is 6.54 Å². The van der Waals surface area contributed by atoms with Crippen molar-refractivity contribution in [1.82, 2.24) is 25.4 Å². The highest BCUT2D eigenvalue weighted by atomic mass is 16.3. The first-order valence-electron chi connectivity index (χ1n) is 7.90. The van der Waals surface area contributed by atoms with E-state index in [9.17, 15) is 4.79 Å². The van der Waals surface area contributed by atoms with Crippen LogP contribution in [0.5, 0.6) is 0 Å². The van der Waals surface area contributed by atoms with Gasteiger partial charge in [-0.1, -0.05) is 12.8 Å². The second kappa shape index (κ2) is 7.91. The van der Waals surface area contributed by atoms with E-state index in [0.29, 0.717) is 12.4 Å². The Morgan fingerprint density at radius 3 is 2.48 bits per heavy atom. The van der Waals surface area contributed by atoms with Crippen molar-refractivity contribution >= 4 is 18.3 Å². The molecule has 0 spiro atoms. The monoisotopic (exact) mass is 324 g/mol. The Bertz CT molecular complexity index is 520. The number of carbonyl (C=O) groups excluding carboxylic acids is 1. The van der Waals surface area contributed by atoms with Crippen LogP contribution in [0.25, 0.3) is 0 Å². The van der Waals surface area contributed by atoms with Crippen molar-refractivity contribution in [1.29, 1.82) is 0 Å². The second-order valence-corrected chi connectivity index (χ2v) is 5.86. The van der Waals surface area contributed by atoms with Crippen LogP contribution in [-0.2, 0) is 16.1 Å². The lowest BCUT2D eigenvalue weighted by Gasteiger charge is -2.37. The number of carbonyl (C=O) groups is 2. The van der Waals surface area contributed by atoms with E-state index in [0.717, 1.165) is 38.8 Å². The van der Waals surface area contributed by atoms with Gasteiger partial charge in [0.1, 0.15) is 11.4 Å². The Hall–Kier alpha value is -2.16. The largest absolute Gasteiger partial charge is 0.483 e. The molecule has 23 heavy (non-hydrogen) atoms. The van der Waals surface area contributed by atoms with Crippen LogP contribution in [0.15, 0.2) is 0 Å². The highest BCUT2D eigenvalue weighted by Crippen LogP contribution is 2.37. The molecular formula is C14H24N6O3. The number of amides is 1. The summed E-state index contributed by atoms with van der Waals surface area (Å²) in [4.78, 5) is 27.4. The zero-order chi connectivity index (χ0) is 16.7. The van der Waals surface area contributed by atoms with Crippen molar-refractivity contribution in [3.8, 4) is 0 Å². The molecule has 0 bridgehead atoms. The highest BCUT2D eigenvalue weighted by molar-refractivity contribution is 5.86. The molecule has 9 heteroatoms. The third-order valence-corrected chi connectivity index (χ3v) is 4.53. The number of H-pyrrole nitrogens is 1. The van der Waals surface area contributed by atoms with E-state index in [1.54, 1.807) is 0 Å². The van der Waals surface area contributed by atoms with E-state index in [4.69, 9.17) is 15.6 Å². The van der Waals surface area contributed by atoms with Crippen LogP contribution >= 0.6 is 0 Å². The number of rotatable bonds is 4. The molecule has 1 aromatic heterocycles. The second-order valence-electron chi connectivity index (χ2n) is 5.86. The zero-order valence-electron chi connectivity index (χ0n) is 13.1. The number of likely N-dealkylation sites (tertiary alicyclic amines) is 1. The van der Waals surface area contributed by atoms with E-state index < -0.39 is 0 Å². The Kier molecular flexibility index (Phi) is 5.91. The summed E-state index contributed by atoms with van der Waals surface area (Å²) < 4.78 is 0. The maximum absolute atomic E-state index is 12.7. The average molecular weight is 324 g/mol. The number of hydrogen-bond donors (Lipinski definition) is 4. The fourth-order valence-electron chi connectivity index (χ4n) is 3.51. The van der Waals surface area contributed by atoms with Crippen molar-refractivity contribution in [3.63, 3.8) is 0 Å². The van der Waals surface area contributed by atoms with Crippen LogP contribution in [0.3, 0.4) is 0 Å². The van der Waals surface area contributed by atoms with Crippen molar-refractivity contribution in [2.75, 3.05) is 18.8 Å². The van der Waals surface area contributed by atoms with Crippen molar-refractivity contribution in [2.45, 2.75) is 50.6 Å². The third-order valence-electron chi connectivity index (χ3n) is 4.53. The molecule has 1 amide bonds. The molecule has 0 aromatic carbocycles. The van der Waals surface area contributed by atoms with Gasteiger partial charge < -0.3 is 16.2 Å². The van der Waals surface area contributed by atoms with Gasteiger partial charge >= 0.3 is 0 Å². The number of anilines is 1. The van der Waals surface area contributed by atoms with Gasteiger partial charge in [0.2, 0.25) is 11.9 Å². The quantitative estimate of drug-likeness (QED) is 0.577. The maximum Gasteiger partial charge on any atom is 0.290 e. The van der Waals surface area contributed by atoms with Gasteiger partial charge in [-0.15, -0.1) is 5.10 Å². The van der Waals surface area contributed by atoms with Crippen molar-refractivity contribution in [2.24, 2.45) is 0 Å². The molecule has 5 N–H and O–H groups in total. The van der Waals surface area contributed by atoms with Gasteiger partial charge in [0.25, 0.3) is 6.47 Å². The number of hydrogen-bond acceptors (Lipinski definition) is 6. The normalized spacial score (nSPS) is 19.8. The topological polar surface area (TPSA) is 137 Å². The minimum absolute atomic E-state index is 0.131. The molecule has 0 radical (unpaired) electrons. The minimum atomic E-state index is -0.290. The molecule has 2 aliphatic rings. The van der Waals surface area contributed by atoms with E-state index in [2.05, 4.69) is 25.4 Å². The maximum atomic E-state index is 12.7. The van der Waals surface area contributed by atoms with Crippen molar-refractivity contribution < 1.29 is 14.7 Å². The number of carboxylic acid groups (broad SMARTS) is 1. The van der Waals surface area contributed by atoms with E-state index in [1.165, 1.54) is 12.8 Å². The Balaban J connectivity index is 0.000000595. The molecule has 0 unspecified atom stereocenters. The van der Waals surface area contributed by atoms with Gasteiger partial charge in [-0.25, -0.2) is 0 Å². The lowest BCUT2D eigenvalue weighted by atomic mass is 9.94. The molecule has 1 aromatic rings. The van der Waals surface area contributed by atoms with Crippen LogP contribution in [-0.4, -0.2) is 56.2 Å². The highest BCUT2D eigenvalue weighted by Gasteiger charge is 2.46. The number of nitrogens with one attached hydrogen (secondary N) is 2. The van der Waals surface area contributed by atoms with E-state index >= 15 is 0 Å². The predicted octanol–water partition coefficient (Wildman–Crippen LogP) is 0.112. The summed E-state index contributed by atoms with van der Waals surface area (Å²) in [5, 5.41) is 16.4. The fraction of sp³-hybridized carbons (Fsp3) is 0.714. The molecule has 2 fully saturated rings. The van der Waals surface area contributed by atoms with Crippen molar-refractivity contribution in [3.05, 3.63) is 5.82 Å². The summed E-state index contributed by atoms with van der Waals surface area (Å²) >= 11 is 0. The summed E-state index contributed by atoms with van der Waals surface area (Å²) in [5.41, 5.74) is 5.17. The van der Waals surface area contributed by atoms with Gasteiger partial charge in [-0.3, -0.25) is 19.6 Å². The summed E-state index contributed by atoms with van der Waals surface area (Å²) in [6.07, 6.45) is 6.62. The first-order chi connectivity index (χ1) is 11.1. The Morgan fingerprint density at radius 2 is 1.96 bits per heavy atom. The molecule has 1 saturated heterocycles. The van der Waals surface area contributed by atoms with Gasteiger partial charge in [-0.05, 0) is 38.8 Å². The van der Waals surface area contributed by atoms with Crippen LogP contribution in [0.2, 0.25) is 0 Å². The molecular weight excluding hydrogens is 300 g/mol. The number of aromatic amines is 1. The minimum Gasteiger partial charge on any atom is -0.483 e. The summed E-state index contributed by atoms with van der Waals surface area (Å²) in [5.74, 6) is 0.946. The number of nitrogen functional groups attached to an aromatic ring is 1. The van der Waals surface area contributed by atoms with Crippen LogP contribution in [0.1, 0.15) is 44.3 Å². The molecule has 0 atom stereocenters.